The van der Waals surface area contributed by atoms with Crippen LogP contribution >= 0.6 is 0 Å². The predicted octanol–water partition coefficient (Wildman–Crippen LogP) is 3.87. The summed E-state index contributed by atoms with van der Waals surface area (Å²) in [5, 5.41) is 3.55. The van der Waals surface area contributed by atoms with E-state index in [1.54, 1.807) is 30.3 Å². The summed E-state index contributed by atoms with van der Waals surface area (Å²) >= 11 is 0. The lowest BCUT2D eigenvalue weighted by atomic mass is 10.2. The predicted molar refractivity (Wildman–Crippen MR) is 103 cm³/mol. The maximum absolute atomic E-state index is 12.9. The Morgan fingerprint density at radius 3 is 2.31 bits per heavy atom. The molecule has 150 valence electrons. The first-order chi connectivity index (χ1) is 14.0. The molecule has 1 aromatic heterocycles. The van der Waals surface area contributed by atoms with Crippen molar-refractivity contribution >= 4 is 11.8 Å². The van der Waals surface area contributed by atoms with E-state index in [-0.39, 0.29) is 18.2 Å². The maximum Gasteiger partial charge on any atom is 0.400 e. The topological polar surface area (TPSA) is 96.3 Å². The summed E-state index contributed by atoms with van der Waals surface area (Å²) in [6.07, 6.45) is 0. The molecule has 0 spiro atoms. The molecule has 7 nitrogen and oxygen atoms in total. The minimum atomic E-state index is -0.817. The van der Waals surface area contributed by atoms with E-state index >= 15 is 0 Å². The first-order valence-electron chi connectivity index (χ1n) is 8.80. The van der Waals surface area contributed by atoms with Crippen LogP contribution in [0.5, 0.6) is 11.5 Å². The van der Waals surface area contributed by atoms with Gasteiger partial charge in [-0.15, -0.1) is 0 Å². The highest BCUT2D eigenvalue weighted by Crippen LogP contribution is 2.19. The third-order valence-corrected chi connectivity index (χ3v) is 3.75. The van der Waals surface area contributed by atoms with Crippen LogP contribution in [0.1, 0.15) is 28.8 Å². The van der Waals surface area contributed by atoms with Crippen molar-refractivity contribution in [2.24, 2.45) is 10.9 Å². The number of carbonyl (C=O) groups excluding carboxylic acids is 1. The van der Waals surface area contributed by atoms with Crippen LogP contribution in [-0.4, -0.2) is 18.4 Å². The number of nitrogens with two attached hydrogens (primary N) is 1. The molecule has 3 aromatic rings. The second-order valence-corrected chi connectivity index (χ2v) is 5.82. The van der Waals surface area contributed by atoms with Gasteiger partial charge in [-0.05, 0) is 67.6 Å². The van der Waals surface area contributed by atoms with Gasteiger partial charge in [0.15, 0.2) is 5.84 Å². The molecule has 2 N–H and O–H groups in total. The van der Waals surface area contributed by atoms with Gasteiger partial charge in [-0.2, -0.15) is 0 Å². The Morgan fingerprint density at radius 1 is 1.00 bits per heavy atom. The Hall–Kier alpha value is -3.81. The number of ether oxygens (including phenoxy) is 2. The Bertz CT molecular complexity index is 981. The zero-order valence-electron chi connectivity index (χ0n) is 15.6. The number of hydrogen-bond donors (Lipinski definition) is 1. The summed E-state index contributed by atoms with van der Waals surface area (Å²) in [7, 11) is 0. The number of halogens is 1. The van der Waals surface area contributed by atoms with Crippen LogP contribution in [0.3, 0.4) is 0 Å². The van der Waals surface area contributed by atoms with Crippen molar-refractivity contribution < 1.29 is 27.9 Å². The molecular weight excluding hydrogens is 379 g/mol. The van der Waals surface area contributed by atoms with Crippen LogP contribution < -0.4 is 15.2 Å². The fraction of sp³-hybridized carbons (Fsp3) is 0.143. The average molecular weight is 398 g/mol. The van der Waals surface area contributed by atoms with Crippen LogP contribution in [-0.2, 0) is 11.4 Å². The van der Waals surface area contributed by atoms with Crippen molar-refractivity contribution in [3.63, 3.8) is 0 Å². The fourth-order valence-corrected chi connectivity index (χ4v) is 2.33. The normalized spacial score (nSPS) is 11.2. The van der Waals surface area contributed by atoms with Crippen molar-refractivity contribution in [2.75, 3.05) is 6.61 Å². The summed E-state index contributed by atoms with van der Waals surface area (Å²) in [6, 6.07) is 15.5. The highest BCUT2D eigenvalue weighted by Gasteiger charge is 2.14. The molecule has 2 aromatic carbocycles. The molecule has 0 radical (unpaired) electrons. The Kier molecular flexibility index (Phi) is 6.47. The van der Waals surface area contributed by atoms with Gasteiger partial charge in [0.25, 0.3) is 0 Å². The summed E-state index contributed by atoms with van der Waals surface area (Å²) in [5.74, 6) is 0.474. The molecule has 0 unspecified atom stereocenters. The molecular formula is C21H19FN2O5. The van der Waals surface area contributed by atoms with Gasteiger partial charge >= 0.3 is 5.97 Å². The summed E-state index contributed by atoms with van der Waals surface area (Å²) in [6.45, 7) is 2.62. The molecule has 0 saturated carbocycles. The van der Waals surface area contributed by atoms with E-state index in [1.165, 1.54) is 30.3 Å². The quantitative estimate of drug-likeness (QED) is 0.268. The molecule has 0 amide bonds. The summed E-state index contributed by atoms with van der Waals surface area (Å²) in [5.41, 5.74) is 6.13. The van der Waals surface area contributed by atoms with E-state index in [1.807, 2.05) is 6.92 Å². The first kappa shape index (κ1) is 19.9. The van der Waals surface area contributed by atoms with Crippen molar-refractivity contribution in [1.82, 2.24) is 0 Å². The van der Waals surface area contributed by atoms with Crippen LogP contribution in [0, 0.1) is 5.82 Å². The van der Waals surface area contributed by atoms with Gasteiger partial charge in [0, 0.05) is 5.56 Å². The molecule has 0 bridgehead atoms. The third kappa shape index (κ3) is 5.58. The van der Waals surface area contributed by atoms with Crippen molar-refractivity contribution in [2.45, 2.75) is 13.5 Å². The Labute approximate surface area is 166 Å². The molecule has 0 aliphatic rings. The monoisotopic (exact) mass is 398 g/mol. The van der Waals surface area contributed by atoms with Gasteiger partial charge in [0.1, 0.15) is 29.7 Å². The zero-order chi connectivity index (χ0) is 20.6. The van der Waals surface area contributed by atoms with E-state index in [4.69, 9.17) is 24.5 Å². The van der Waals surface area contributed by atoms with E-state index in [0.717, 1.165) is 5.75 Å². The van der Waals surface area contributed by atoms with Crippen molar-refractivity contribution in [3.8, 4) is 11.5 Å². The average Bonchev–Trinajstić information content (AvgIpc) is 3.21. The first-order valence-corrected chi connectivity index (χ1v) is 8.80. The third-order valence-electron chi connectivity index (χ3n) is 3.75. The van der Waals surface area contributed by atoms with Crippen molar-refractivity contribution in [3.05, 3.63) is 83.6 Å². The second-order valence-electron chi connectivity index (χ2n) is 5.82. The molecule has 29 heavy (non-hydrogen) atoms. The molecule has 0 aliphatic heterocycles. The Balaban J connectivity index is 1.54. The molecule has 0 aliphatic carbocycles. The lowest BCUT2D eigenvalue weighted by Crippen LogP contribution is -2.15. The molecule has 0 atom stereocenters. The van der Waals surface area contributed by atoms with Gasteiger partial charge in [0.05, 0.1) is 6.61 Å². The number of rotatable bonds is 8. The summed E-state index contributed by atoms with van der Waals surface area (Å²) in [4.78, 5) is 16.8. The standard InChI is InChI=1S/C21H19FN2O5/c1-2-26-16-7-9-17(10-8-16)27-13-18-11-12-19(28-18)21(25)29-24-20(23)14-3-5-15(22)6-4-14/h3-12H,2,13H2,1H3,(H2,23,24). The van der Waals surface area contributed by atoms with Crippen LogP contribution in [0.4, 0.5) is 4.39 Å². The second kappa shape index (κ2) is 9.41. The van der Waals surface area contributed by atoms with Crippen LogP contribution in [0.2, 0.25) is 0 Å². The highest BCUT2D eigenvalue weighted by molar-refractivity contribution is 5.97. The van der Waals surface area contributed by atoms with Gasteiger partial charge in [-0.1, -0.05) is 5.16 Å². The number of hydrogen-bond acceptors (Lipinski definition) is 6. The lowest BCUT2D eigenvalue weighted by Gasteiger charge is -2.06. The molecule has 0 saturated heterocycles. The van der Waals surface area contributed by atoms with E-state index in [9.17, 15) is 9.18 Å². The van der Waals surface area contributed by atoms with E-state index < -0.39 is 11.8 Å². The number of oxime groups is 1. The number of furan rings is 1. The van der Waals surface area contributed by atoms with Gasteiger partial charge in [-0.25, -0.2) is 9.18 Å². The van der Waals surface area contributed by atoms with Gasteiger partial charge < -0.3 is 24.5 Å². The van der Waals surface area contributed by atoms with Crippen molar-refractivity contribution in [1.29, 1.82) is 0 Å². The summed E-state index contributed by atoms with van der Waals surface area (Å²) < 4.78 is 29.3. The zero-order valence-corrected chi connectivity index (χ0v) is 15.6. The number of amidine groups is 1. The van der Waals surface area contributed by atoms with E-state index in [2.05, 4.69) is 5.16 Å². The maximum atomic E-state index is 12.9. The van der Waals surface area contributed by atoms with E-state index in [0.29, 0.717) is 23.7 Å². The fourth-order valence-electron chi connectivity index (χ4n) is 2.33. The SMILES string of the molecule is CCOc1ccc(OCc2ccc(C(=O)O/N=C(\N)c3ccc(F)cc3)o2)cc1. The smallest absolute Gasteiger partial charge is 0.400 e. The number of benzene rings is 2. The van der Waals surface area contributed by atoms with Gasteiger partial charge in [-0.3, -0.25) is 0 Å². The number of nitrogens with zero attached hydrogens (tertiary/aromatic N) is 1. The van der Waals surface area contributed by atoms with Crippen LogP contribution in [0.15, 0.2) is 70.2 Å². The largest absolute Gasteiger partial charge is 0.494 e. The minimum Gasteiger partial charge on any atom is -0.494 e. The molecule has 1 heterocycles. The number of carbonyl (C=O) groups is 1. The highest BCUT2D eigenvalue weighted by atomic mass is 19.1. The minimum absolute atomic E-state index is 0.0500. The lowest BCUT2D eigenvalue weighted by molar-refractivity contribution is 0.0475. The van der Waals surface area contributed by atoms with Gasteiger partial charge in [0.2, 0.25) is 5.76 Å². The molecule has 3 rings (SSSR count). The molecule has 8 heteroatoms. The molecule has 0 fully saturated rings. The Morgan fingerprint density at radius 2 is 1.66 bits per heavy atom. The van der Waals surface area contributed by atoms with Crippen LogP contribution in [0.25, 0.3) is 0 Å².